The summed E-state index contributed by atoms with van der Waals surface area (Å²) < 4.78 is 7.02. The first-order valence-electron chi connectivity index (χ1n) is 7.15. The zero-order chi connectivity index (χ0) is 15.3. The fraction of sp³-hybridized carbons (Fsp3) is 0.333. The van der Waals surface area contributed by atoms with Gasteiger partial charge in [0.1, 0.15) is 12.4 Å². The highest BCUT2D eigenvalue weighted by atomic mass is 79.9. The summed E-state index contributed by atoms with van der Waals surface area (Å²) in [4.78, 5) is 0. The zero-order valence-electron chi connectivity index (χ0n) is 12.8. The molecule has 0 aromatic heterocycles. The van der Waals surface area contributed by atoms with E-state index in [-0.39, 0.29) is 5.54 Å². The number of halogens is 1. The molecule has 0 saturated carbocycles. The van der Waals surface area contributed by atoms with Crippen LogP contribution in [0.5, 0.6) is 5.75 Å². The summed E-state index contributed by atoms with van der Waals surface area (Å²) in [6, 6.07) is 16.4. The normalized spacial score (nSPS) is 11.4. The van der Waals surface area contributed by atoms with Gasteiger partial charge in [-0.05, 0) is 48.3 Å². The first-order valence-corrected chi connectivity index (χ1v) is 7.94. The Morgan fingerprint density at radius 3 is 2.38 bits per heavy atom. The molecule has 2 nitrogen and oxygen atoms in total. The highest BCUT2D eigenvalue weighted by Gasteiger charge is 2.13. The third-order valence-electron chi connectivity index (χ3n) is 3.08. The van der Waals surface area contributed by atoms with E-state index < -0.39 is 0 Å². The highest BCUT2D eigenvalue weighted by molar-refractivity contribution is 9.10. The Labute approximate surface area is 135 Å². The first-order chi connectivity index (χ1) is 9.96. The molecule has 0 fully saturated rings. The molecule has 1 N–H and O–H groups in total. The van der Waals surface area contributed by atoms with Crippen molar-refractivity contribution in [3.05, 3.63) is 64.1 Å². The molecule has 0 radical (unpaired) electrons. The Kier molecular flexibility index (Phi) is 5.43. The second-order valence-electron chi connectivity index (χ2n) is 6.11. The molecule has 0 bridgehead atoms. The smallest absolute Gasteiger partial charge is 0.138 e. The molecule has 21 heavy (non-hydrogen) atoms. The van der Waals surface area contributed by atoms with Crippen molar-refractivity contribution < 1.29 is 4.74 Å². The quantitative estimate of drug-likeness (QED) is 0.828. The van der Waals surface area contributed by atoms with Gasteiger partial charge in [-0.3, -0.25) is 0 Å². The summed E-state index contributed by atoms with van der Waals surface area (Å²) in [5.74, 6) is 0.915. The lowest BCUT2D eigenvalue weighted by atomic mass is 10.1. The molecule has 0 unspecified atom stereocenters. The molecule has 0 atom stereocenters. The van der Waals surface area contributed by atoms with Gasteiger partial charge >= 0.3 is 0 Å². The lowest BCUT2D eigenvalue weighted by molar-refractivity contribution is 0.298. The largest absolute Gasteiger partial charge is 0.487 e. The molecule has 0 saturated heterocycles. The average molecular weight is 348 g/mol. The molecule has 3 heteroatoms. The Bertz CT molecular complexity index is 576. The summed E-state index contributed by atoms with van der Waals surface area (Å²) in [6.45, 7) is 7.85. The lowest BCUT2D eigenvalue weighted by Crippen LogP contribution is -2.35. The Morgan fingerprint density at radius 2 is 1.71 bits per heavy atom. The molecule has 0 aliphatic heterocycles. The van der Waals surface area contributed by atoms with Crippen molar-refractivity contribution in [2.75, 3.05) is 0 Å². The van der Waals surface area contributed by atoms with Gasteiger partial charge in [0.05, 0.1) is 4.47 Å². The summed E-state index contributed by atoms with van der Waals surface area (Å²) in [7, 11) is 0. The minimum atomic E-state index is 0.0824. The van der Waals surface area contributed by atoms with Crippen molar-refractivity contribution in [3.8, 4) is 5.75 Å². The van der Waals surface area contributed by atoms with E-state index in [1.165, 1.54) is 5.56 Å². The molecule has 0 amide bonds. The summed E-state index contributed by atoms with van der Waals surface area (Å²) in [5.41, 5.74) is 2.41. The zero-order valence-corrected chi connectivity index (χ0v) is 14.4. The third-order valence-corrected chi connectivity index (χ3v) is 3.71. The van der Waals surface area contributed by atoms with E-state index in [1.54, 1.807) is 0 Å². The van der Waals surface area contributed by atoms with Gasteiger partial charge < -0.3 is 10.1 Å². The van der Waals surface area contributed by atoms with E-state index in [9.17, 15) is 0 Å². The van der Waals surface area contributed by atoms with E-state index in [4.69, 9.17) is 4.74 Å². The van der Waals surface area contributed by atoms with Crippen LogP contribution in [-0.4, -0.2) is 5.54 Å². The molecule has 0 aliphatic rings. The van der Waals surface area contributed by atoms with Crippen LogP contribution in [0.2, 0.25) is 0 Å². The number of para-hydroxylation sites is 1. The average Bonchev–Trinajstić information content (AvgIpc) is 2.44. The Morgan fingerprint density at radius 1 is 1.00 bits per heavy atom. The summed E-state index contributed by atoms with van der Waals surface area (Å²) in [5, 5.41) is 3.50. The minimum Gasteiger partial charge on any atom is -0.487 e. The standard InChI is InChI=1S/C18H22BrNO/c1-18(2,3)20-12-15-10-7-11-16(19)17(15)21-13-14-8-5-4-6-9-14/h4-11,20H,12-13H2,1-3H3. The van der Waals surface area contributed by atoms with Crippen molar-refractivity contribution in [1.29, 1.82) is 0 Å². The van der Waals surface area contributed by atoms with E-state index in [0.717, 1.165) is 22.3 Å². The maximum atomic E-state index is 6.03. The van der Waals surface area contributed by atoms with Gasteiger partial charge in [-0.2, -0.15) is 0 Å². The van der Waals surface area contributed by atoms with Crippen LogP contribution < -0.4 is 10.1 Å². The van der Waals surface area contributed by atoms with Crippen molar-refractivity contribution in [2.24, 2.45) is 0 Å². The fourth-order valence-corrected chi connectivity index (χ4v) is 2.47. The van der Waals surface area contributed by atoms with E-state index >= 15 is 0 Å². The van der Waals surface area contributed by atoms with Gasteiger partial charge in [0, 0.05) is 17.6 Å². The van der Waals surface area contributed by atoms with Gasteiger partial charge in [-0.15, -0.1) is 0 Å². The minimum absolute atomic E-state index is 0.0824. The van der Waals surface area contributed by atoms with Gasteiger partial charge in [0.15, 0.2) is 0 Å². The number of hydrogen-bond donors (Lipinski definition) is 1. The maximum Gasteiger partial charge on any atom is 0.138 e. The maximum absolute atomic E-state index is 6.03. The predicted molar refractivity (Wildman–Crippen MR) is 91.5 cm³/mol. The topological polar surface area (TPSA) is 21.3 Å². The third kappa shape index (κ3) is 5.18. The number of rotatable bonds is 5. The van der Waals surface area contributed by atoms with Crippen molar-refractivity contribution in [3.63, 3.8) is 0 Å². The molecule has 0 aliphatic carbocycles. The Hall–Kier alpha value is -1.32. The van der Waals surface area contributed by atoms with Crippen molar-refractivity contribution >= 4 is 15.9 Å². The monoisotopic (exact) mass is 347 g/mol. The van der Waals surface area contributed by atoms with Crippen LogP contribution >= 0.6 is 15.9 Å². The SMILES string of the molecule is CC(C)(C)NCc1cccc(Br)c1OCc1ccccc1. The molecule has 0 spiro atoms. The second-order valence-corrected chi connectivity index (χ2v) is 6.96. The van der Waals surface area contributed by atoms with E-state index in [1.807, 2.05) is 30.3 Å². The van der Waals surface area contributed by atoms with Crippen LogP contribution in [0.15, 0.2) is 53.0 Å². The van der Waals surface area contributed by atoms with Crippen LogP contribution in [0.25, 0.3) is 0 Å². The van der Waals surface area contributed by atoms with E-state index in [0.29, 0.717) is 6.61 Å². The van der Waals surface area contributed by atoms with Crippen LogP contribution in [-0.2, 0) is 13.2 Å². The number of benzene rings is 2. The van der Waals surface area contributed by atoms with Gasteiger partial charge in [-0.25, -0.2) is 0 Å². The number of hydrogen-bond acceptors (Lipinski definition) is 2. The molecule has 2 rings (SSSR count). The lowest BCUT2D eigenvalue weighted by Gasteiger charge is -2.22. The molecule has 112 valence electrons. The number of nitrogens with one attached hydrogen (secondary N) is 1. The van der Waals surface area contributed by atoms with Crippen LogP contribution in [0.1, 0.15) is 31.9 Å². The second kappa shape index (κ2) is 7.10. The predicted octanol–water partition coefficient (Wildman–Crippen LogP) is 4.92. The molecule has 0 heterocycles. The van der Waals surface area contributed by atoms with E-state index in [2.05, 4.69) is 60.2 Å². The van der Waals surface area contributed by atoms with Gasteiger partial charge in [-0.1, -0.05) is 42.5 Å². The van der Waals surface area contributed by atoms with Crippen LogP contribution in [0.4, 0.5) is 0 Å². The number of ether oxygens (including phenoxy) is 1. The van der Waals surface area contributed by atoms with Crippen LogP contribution in [0.3, 0.4) is 0 Å². The molecule has 2 aromatic carbocycles. The highest BCUT2D eigenvalue weighted by Crippen LogP contribution is 2.30. The van der Waals surface area contributed by atoms with Crippen molar-refractivity contribution in [2.45, 2.75) is 39.5 Å². The first kappa shape index (κ1) is 16.1. The summed E-state index contributed by atoms with van der Waals surface area (Å²) >= 11 is 3.59. The Balaban J connectivity index is 2.10. The molecular weight excluding hydrogens is 326 g/mol. The molecule has 2 aromatic rings. The van der Waals surface area contributed by atoms with Crippen LogP contribution in [0, 0.1) is 0 Å². The van der Waals surface area contributed by atoms with Gasteiger partial charge in [0.2, 0.25) is 0 Å². The summed E-state index contributed by atoms with van der Waals surface area (Å²) in [6.07, 6.45) is 0. The molecular formula is C18H22BrNO. The van der Waals surface area contributed by atoms with Crippen molar-refractivity contribution in [1.82, 2.24) is 5.32 Å². The van der Waals surface area contributed by atoms with Gasteiger partial charge in [0.25, 0.3) is 0 Å². The fourth-order valence-electron chi connectivity index (χ4n) is 1.94.